The van der Waals surface area contributed by atoms with E-state index in [-0.39, 0.29) is 0 Å². The summed E-state index contributed by atoms with van der Waals surface area (Å²) in [6.07, 6.45) is -0.575. The lowest BCUT2D eigenvalue weighted by molar-refractivity contribution is 0.122. The SMILES string of the molecule is COC(=O)NN=C(C)c1ccc(N2CCOCC2)cc1. The van der Waals surface area contributed by atoms with E-state index in [4.69, 9.17) is 4.74 Å². The molecule has 108 valence electrons. The maximum Gasteiger partial charge on any atom is 0.427 e. The molecule has 1 aliphatic rings. The van der Waals surface area contributed by atoms with Crippen molar-refractivity contribution in [3.8, 4) is 0 Å². The molecule has 1 heterocycles. The van der Waals surface area contributed by atoms with E-state index in [0.29, 0.717) is 0 Å². The Morgan fingerprint density at radius 3 is 2.55 bits per heavy atom. The van der Waals surface area contributed by atoms with E-state index < -0.39 is 6.09 Å². The summed E-state index contributed by atoms with van der Waals surface area (Å²) in [7, 11) is 1.30. The smallest absolute Gasteiger partial charge is 0.427 e. The number of nitrogens with zero attached hydrogens (tertiary/aromatic N) is 2. The van der Waals surface area contributed by atoms with E-state index in [1.165, 1.54) is 12.8 Å². The molecule has 1 aromatic rings. The zero-order valence-electron chi connectivity index (χ0n) is 11.8. The highest BCUT2D eigenvalue weighted by atomic mass is 16.5. The maximum atomic E-state index is 10.9. The molecule has 1 amide bonds. The molecule has 0 saturated carbocycles. The lowest BCUT2D eigenvalue weighted by atomic mass is 10.1. The third kappa shape index (κ3) is 3.71. The van der Waals surface area contributed by atoms with Crippen molar-refractivity contribution in [3.63, 3.8) is 0 Å². The highest BCUT2D eigenvalue weighted by Crippen LogP contribution is 2.16. The maximum absolute atomic E-state index is 10.9. The number of carbonyl (C=O) groups excluding carboxylic acids is 1. The Hall–Kier alpha value is -2.08. The van der Waals surface area contributed by atoms with Gasteiger partial charge in [0.1, 0.15) is 0 Å². The van der Waals surface area contributed by atoms with E-state index >= 15 is 0 Å². The van der Waals surface area contributed by atoms with Crippen LogP contribution in [-0.4, -0.2) is 45.2 Å². The summed E-state index contributed by atoms with van der Waals surface area (Å²) in [5, 5.41) is 3.97. The molecule has 1 aromatic carbocycles. The molecule has 1 N–H and O–H groups in total. The van der Waals surface area contributed by atoms with Crippen molar-refractivity contribution in [1.82, 2.24) is 5.43 Å². The first-order valence-corrected chi connectivity index (χ1v) is 6.52. The van der Waals surface area contributed by atoms with E-state index in [0.717, 1.165) is 37.6 Å². The van der Waals surface area contributed by atoms with Crippen molar-refractivity contribution in [3.05, 3.63) is 29.8 Å². The fourth-order valence-corrected chi connectivity index (χ4v) is 1.97. The Bertz CT molecular complexity index is 479. The van der Waals surface area contributed by atoms with Gasteiger partial charge in [-0.1, -0.05) is 12.1 Å². The minimum absolute atomic E-state index is 0.575. The number of hydrogen-bond acceptors (Lipinski definition) is 5. The predicted octanol–water partition coefficient (Wildman–Crippen LogP) is 1.60. The molecule has 0 radical (unpaired) electrons. The molecule has 0 bridgehead atoms. The summed E-state index contributed by atoms with van der Waals surface area (Å²) in [6, 6.07) is 8.08. The Kier molecular flexibility index (Phi) is 4.95. The standard InChI is InChI=1S/C14H19N3O3/c1-11(15-16-14(18)19-2)12-3-5-13(6-4-12)17-7-9-20-10-8-17/h3-6H,7-10H2,1-2H3,(H,16,18). The minimum atomic E-state index is -0.575. The Labute approximate surface area is 118 Å². The molecule has 6 heteroatoms. The molecule has 2 rings (SSSR count). The van der Waals surface area contributed by atoms with Crippen molar-refractivity contribution in [2.24, 2.45) is 5.10 Å². The van der Waals surface area contributed by atoms with Gasteiger partial charge in [0, 0.05) is 18.8 Å². The predicted molar refractivity (Wildman–Crippen MR) is 77.2 cm³/mol. The van der Waals surface area contributed by atoms with Crippen LogP contribution in [0.25, 0.3) is 0 Å². The lowest BCUT2D eigenvalue weighted by Crippen LogP contribution is -2.36. The molecule has 1 saturated heterocycles. The normalized spacial score (nSPS) is 15.9. The highest BCUT2D eigenvalue weighted by molar-refractivity contribution is 5.99. The van der Waals surface area contributed by atoms with Crippen LogP contribution in [0.2, 0.25) is 0 Å². The summed E-state index contributed by atoms with van der Waals surface area (Å²) in [6.45, 7) is 5.20. The average molecular weight is 277 g/mol. The number of hydrogen-bond donors (Lipinski definition) is 1. The van der Waals surface area contributed by atoms with Crippen LogP contribution in [0.15, 0.2) is 29.4 Å². The number of amides is 1. The van der Waals surface area contributed by atoms with E-state index in [1.807, 2.05) is 19.1 Å². The van der Waals surface area contributed by atoms with Gasteiger partial charge in [-0.2, -0.15) is 5.10 Å². The zero-order chi connectivity index (χ0) is 14.4. The molecule has 1 fully saturated rings. The Morgan fingerprint density at radius 2 is 1.95 bits per heavy atom. The summed E-state index contributed by atoms with van der Waals surface area (Å²) in [4.78, 5) is 13.2. The number of carbonyl (C=O) groups is 1. The van der Waals surface area contributed by atoms with Crippen LogP contribution >= 0.6 is 0 Å². The van der Waals surface area contributed by atoms with Gasteiger partial charge in [-0.3, -0.25) is 0 Å². The molecule has 6 nitrogen and oxygen atoms in total. The van der Waals surface area contributed by atoms with Crippen LogP contribution in [-0.2, 0) is 9.47 Å². The summed E-state index contributed by atoms with van der Waals surface area (Å²) in [5.41, 5.74) is 5.16. The van der Waals surface area contributed by atoms with E-state index in [2.05, 4.69) is 32.3 Å². The number of ether oxygens (including phenoxy) is 2. The Morgan fingerprint density at radius 1 is 1.30 bits per heavy atom. The monoisotopic (exact) mass is 277 g/mol. The minimum Gasteiger partial charge on any atom is -0.452 e. The van der Waals surface area contributed by atoms with Crippen LogP contribution in [0.1, 0.15) is 12.5 Å². The van der Waals surface area contributed by atoms with Gasteiger partial charge in [-0.15, -0.1) is 0 Å². The number of hydrazone groups is 1. The van der Waals surface area contributed by atoms with Crippen LogP contribution in [0.4, 0.5) is 10.5 Å². The third-order valence-electron chi connectivity index (χ3n) is 3.16. The quantitative estimate of drug-likeness (QED) is 0.673. The Balaban J connectivity index is 2.01. The summed E-state index contributed by atoms with van der Waals surface area (Å²) in [5.74, 6) is 0. The van der Waals surface area contributed by atoms with Crippen molar-refractivity contribution in [2.75, 3.05) is 38.3 Å². The number of morpholine rings is 1. The zero-order valence-corrected chi connectivity index (χ0v) is 11.8. The average Bonchev–Trinajstić information content (AvgIpc) is 2.53. The second-order valence-corrected chi connectivity index (χ2v) is 4.45. The first-order chi connectivity index (χ1) is 9.70. The van der Waals surface area contributed by atoms with Gasteiger partial charge < -0.3 is 14.4 Å². The largest absolute Gasteiger partial charge is 0.452 e. The van der Waals surface area contributed by atoms with Crippen molar-refractivity contribution < 1.29 is 14.3 Å². The number of methoxy groups -OCH3 is 1. The van der Waals surface area contributed by atoms with Gasteiger partial charge in [0.25, 0.3) is 0 Å². The van der Waals surface area contributed by atoms with Gasteiger partial charge >= 0.3 is 6.09 Å². The van der Waals surface area contributed by atoms with E-state index in [9.17, 15) is 4.79 Å². The summed E-state index contributed by atoms with van der Waals surface area (Å²) < 4.78 is 9.79. The molecule has 20 heavy (non-hydrogen) atoms. The van der Waals surface area contributed by atoms with Crippen LogP contribution < -0.4 is 10.3 Å². The first kappa shape index (κ1) is 14.3. The lowest BCUT2D eigenvalue weighted by Gasteiger charge is -2.28. The second kappa shape index (κ2) is 6.91. The topological polar surface area (TPSA) is 63.2 Å². The van der Waals surface area contributed by atoms with Gasteiger partial charge in [0.15, 0.2) is 0 Å². The molecular formula is C14H19N3O3. The number of nitrogens with one attached hydrogen (secondary N) is 1. The van der Waals surface area contributed by atoms with Crippen molar-refractivity contribution in [2.45, 2.75) is 6.92 Å². The van der Waals surface area contributed by atoms with Crippen LogP contribution in [0, 0.1) is 0 Å². The number of rotatable bonds is 3. The molecular weight excluding hydrogens is 258 g/mol. The van der Waals surface area contributed by atoms with Gasteiger partial charge in [0.05, 0.1) is 26.0 Å². The second-order valence-electron chi connectivity index (χ2n) is 4.45. The van der Waals surface area contributed by atoms with Crippen molar-refractivity contribution in [1.29, 1.82) is 0 Å². The van der Waals surface area contributed by atoms with Crippen molar-refractivity contribution >= 4 is 17.5 Å². The number of anilines is 1. The number of benzene rings is 1. The van der Waals surface area contributed by atoms with Gasteiger partial charge in [-0.25, -0.2) is 10.2 Å². The molecule has 0 aliphatic carbocycles. The molecule has 0 unspecified atom stereocenters. The first-order valence-electron chi connectivity index (χ1n) is 6.52. The third-order valence-corrected chi connectivity index (χ3v) is 3.16. The van der Waals surface area contributed by atoms with Gasteiger partial charge in [-0.05, 0) is 24.6 Å². The summed E-state index contributed by atoms with van der Waals surface area (Å²) >= 11 is 0. The fourth-order valence-electron chi connectivity index (χ4n) is 1.97. The van der Waals surface area contributed by atoms with Crippen LogP contribution in [0.5, 0.6) is 0 Å². The molecule has 1 aliphatic heterocycles. The molecule has 0 aromatic heterocycles. The van der Waals surface area contributed by atoms with E-state index in [1.54, 1.807) is 0 Å². The molecule has 0 spiro atoms. The highest BCUT2D eigenvalue weighted by Gasteiger charge is 2.11. The fraction of sp³-hybridized carbons (Fsp3) is 0.429. The van der Waals surface area contributed by atoms with Gasteiger partial charge in [0.2, 0.25) is 0 Å². The molecule has 0 atom stereocenters. The van der Waals surface area contributed by atoms with Crippen LogP contribution in [0.3, 0.4) is 0 Å².